The smallest absolute Gasteiger partial charge is 0.147 e. The quantitative estimate of drug-likeness (QED) is 0.405. The molecule has 0 aromatic carbocycles. The van der Waals surface area contributed by atoms with Crippen LogP contribution in [0, 0.1) is 0 Å². The van der Waals surface area contributed by atoms with Gasteiger partial charge in [-0.25, -0.2) is 0 Å². The zero-order chi connectivity index (χ0) is 12.0. The number of rotatable bonds is 6. The molecule has 0 N–H and O–H groups in total. The molecule has 4 heteroatoms. The molecule has 2 aliphatic rings. The largest absolute Gasteiger partial charge is 0.382 e. The first-order chi connectivity index (χ1) is 8.35. The lowest BCUT2D eigenvalue weighted by Gasteiger charge is -2.29. The molecule has 0 aromatic heterocycles. The fourth-order valence-electron chi connectivity index (χ4n) is 2.44. The molecule has 0 bridgehead atoms. The highest BCUT2D eigenvalue weighted by Crippen LogP contribution is 2.37. The van der Waals surface area contributed by atoms with E-state index in [0.717, 1.165) is 25.7 Å². The van der Waals surface area contributed by atoms with Gasteiger partial charge in [-0.3, -0.25) is 0 Å². The molecule has 1 fully saturated rings. The van der Waals surface area contributed by atoms with Crippen LogP contribution in [0.3, 0.4) is 0 Å². The van der Waals surface area contributed by atoms with Crippen LogP contribution in [0.2, 0.25) is 0 Å². The first kappa shape index (κ1) is 13.0. The Labute approximate surface area is 103 Å². The van der Waals surface area contributed by atoms with Gasteiger partial charge in [0.2, 0.25) is 0 Å². The van der Waals surface area contributed by atoms with E-state index >= 15 is 0 Å². The Balaban J connectivity index is 1.62. The zero-order valence-electron chi connectivity index (χ0n) is 10.5. The molecule has 0 aromatic rings. The highest BCUT2D eigenvalue weighted by Gasteiger charge is 2.40. The van der Waals surface area contributed by atoms with Gasteiger partial charge in [-0.2, -0.15) is 0 Å². The van der Waals surface area contributed by atoms with Crippen molar-refractivity contribution >= 4 is 0 Å². The lowest BCUT2D eigenvalue weighted by Crippen LogP contribution is -2.29. The maximum atomic E-state index is 5.92. The van der Waals surface area contributed by atoms with Crippen molar-refractivity contribution in [3.05, 3.63) is 12.2 Å². The Bertz CT molecular complexity index is 254. The van der Waals surface area contributed by atoms with Gasteiger partial charge < -0.3 is 18.9 Å². The summed E-state index contributed by atoms with van der Waals surface area (Å²) < 4.78 is 21.8. The van der Waals surface area contributed by atoms with Crippen molar-refractivity contribution in [3.8, 4) is 0 Å². The Morgan fingerprint density at radius 3 is 3.06 bits per heavy atom. The summed E-state index contributed by atoms with van der Waals surface area (Å²) in [5.74, 6) is 0. The second-order valence-electron chi connectivity index (χ2n) is 4.72. The minimum absolute atomic E-state index is 0.0476. The summed E-state index contributed by atoms with van der Waals surface area (Å²) in [5, 5.41) is 0. The van der Waals surface area contributed by atoms with Crippen LogP contribution >= 0.6 is 0 Å². The standard InChI is InChI=1S/C13H22O4/c1-14-7-8-15-11-16-12-9-13(17-10-12)5-3-2-4-6-13/h2-3,12H,4-11H2,1H3. The summed E-state index contributed by atoms with van der Waals surface area (Å²) in [7, 11) is 1.66. The van der Waals surface area contributed by atoms with E-state index in [9.17, 15) is 0 Å². The van der Waals surface area contributed by atoms with Gasteiger partial charge in [0.25, 0.3) is 0 Å². The third-order valence-electron chi connectivity index (χ3n) is 3.42. The van der Waals surface area contributed by atoms with E-state index < -0.39 is 0 Å². The molecule has 1 saturated heterocycles. The van der Waals surface area contributed by atoms with Gasteiger partial charge in [0, 0.05) is 13.5 Å². The van der Waals surface area contributed by atoms with Gasteiger partial charge in [-0.15, -0.1) is 0 Å². The number of hydrogen-bond acceptors (Lipinski definition) is 4. The van der Waals surface area contributed by atoms with Crippen LogP contribution in [0.1, 0.15) is 25.7 Å². The summed E-state index contributed by atoms with van der Waals surface area (Å²) in [6.07, 6.45) is 8.90. The molecule has 1 spiro atoms. The van der Waals surface area contributed by atoms with E-state index in [1.807, 2.05) is 0 Å². The molecule has 1 heterocycles. The topological polar surface area (TPSA) is 36.9 Å². The fraction of sp³-hybridized carbons (Fsp3) is 0.846. The zero-order valence-corrected chi connectivity index (χ0v) is 10.5. The molecule has 4 nitrogen and oxygen atoms in total. The number of allylic oxidation sites excluding steroid dienone is 1. The fourth-order valence-corrected chi connectivity index (χ4v) is 2.44. The van der Waals surface area contributed by atoms with Gasteiger partial charge in [0.15, 0.2) is 0 Å². The third-order valence-corrected chi connectivity index (χ3v) is 3.42. The first-order valence-corrected chi connectivity index (χ1v) is 6.32. The van der Waals surface area contributed by atoms with Crippen LogP contribution in [-0.4, -0.2) is 45.4 Å². The van der Waals surface area contributed by atoms with E-state index in [0.29, 0.717) is 26.6 Å². The average molecular weight is 242 g/mol. The lowest BCUT2D eigenvalue weighted by molar-refractivity contribution is -0.0974. The highest BCUT2D eigenvalue weighted by molar-refractivity contribution is 5.02. The lowest BCUT2D eigenvalue weighted by atomic mass is 9.86. The Kier molecular flexibility index (Phi) is 4.98. The Morgan fingerprint density at radius 2 is 2.29 bits per heavy atom. The van der Waals surface area contributed by atoms with E-state index in [-0.39, 0.29) is 11.7 Å². The summed E-state index contributed by atoms with van der Waals surface area (Å²) in [5.41, 5.74) is 0.0476. The van der Waals surface area contributed by atoms with Crippen LogP contribution in [-0.2, 0) is 18.9 Å². The minimum Gasteiger partial charge on any atom is -0.382 e. The van der Waals surface area contributed by atoms with E-state index in [4.69, 9.17) is 18.9 Å². The molecule has 0 amide bonds. The summed E-state index contributed by atoms with van der Waals surface area (Å²) >= 11 is 0. The van der Waals surface area contributed by atoms with Crippen molar-refractivity contribution in [1.82, 2.24) is 0 Å². The molecule has 2 atom stereocenters. The Hall–Kier alpha value is -0.420. The van der Waals surface area contributed by atoms with E-state index in [1.54, 1.807) is 7.11 Å². The second-order valence-corrected chi connectivity index (χ2v) is 4.72. The molecule has 2 unspecified atom stereocenters. The molecule has 1 aliphatic heterocycles. The molecule has 1 aliphatic carbocycles. The van der Waals surface area contributed by atoms with Crippen molar-refractivity contribution in [2.45, 2.75) is 37.4 Å². The van der Waals surface area contributed by atoms with Crippen molar-refractivity contribution in [2.24, 2.45) is 0 Å². The maximum Gasteiger partial charge on any atom is 0.147 e. The second kappa shape index (κ2) is 6.50. The first-order valence-electron chi connectivity index (χ1n) is 6.32. The average Bonchev–Trinajstić information content (AvgIpc) is 2.73. The SMILES string of the molecule is COCCOCOC1COC2(CC=CCC2)C1. The summed E-state index contributed by atoms with van der Waals surface area (Å²) in [6, 6.07) is 0. The van der Waals surface area contributed by atoms with Gasteiger partial charge >= 0.3 is 0 Å². The van der Waals surface area contributed by atoms with Crippen LogP contribution < -0.4 is 0 Å². The molecular weight excluding hydrogens is 220 g/mol. The van der Waals surface area contributed by atoms with Crippen LogP contribution in [0.15, 0.2) is 12.2 Å². The molecule has 2 rings (SSSR count). The Morgan fingerprint density at radius 1 is 1.35 bits per heavy atom. The number of hydrogen-bond donors (Lipinski definition) is 0. The van der Waals surface area contributed by atoms with Crippen molar-refractivity contribution in [2.75, 3.05) is 33.7 Å². The van der Waals surface area contributed by atoms with Crippen molar-refractivity contribution < 1.29 is 18.9 Å². The normalized spacial score (nSPS) is 32.4. The number of methoxy groups -OCH3 is 1. The number of ether oxygens (including phenoxy) is 4. The van der Waals surface area contributed by atoms with E-state index in [1.165, 1.54) is 0 Å². The predicted octanol–water partition coefficient (Wildman–Crippen LogP) is 1.89. The van der Waals surface area contributed by atoms with E-state index in [2.05, 4.69) is 12.2 Å². The van der Waals surface area contributed by atoms with Gasteiger partial charge in [0.1, 0.15) is 6.79 Å². The molecule has 0 saturated carbocycles. The highest BCUT2D eigenvalue weighted by atomic mass is 16.7. The predicted molar refractivity (Wildman–Crippen MR) is 63.9 cm³/mol. The van der Waals surface area contributed by atoms with Crippen molar-refractivity contribution in [1.29, 1.82) is 0 Å². The van der Waals surface area contributed by atoms with Crippen molar-refractivity contribution in [3.63, 3.8) is 0 Å². The molecule has 0 radical (unpaired) electrons. The van der Waals surface area contributed by atoms with Crippen LogP contribution in [0.5, 0.6) is 0 Å². The monoisotopic (exact) mass is 242 g/mol. The van der Waals surface area contributed by atoms with Gasteiger partial charge in [0.05, 0.1) is 31.5 Å². The molecular formula is C13H22O4. The summed E-state index contributed by atoms with van der Waals surface area (Å²) in [4.78, 5) is 0. The summed E-state index contributed by atoms with van der Waals surface area (Å²) in [6.45, 7) is 2.22. The van der Waals surface area contributed by atoms with Gasteiger partial charge in [-0.05, 0) is 19.3 Å². The van der Waals surface area contributed by atoms with Gasteiger partial charge in [-0.1, -0.05) is 12.2 Å². The molecule has 17 heavy (non-hydrogen) atoms. The van der Waals surface area contributed by atoms with Crippen LogP contribution in [0.25, 0.3) is 0 Å². The third kappa shape index (κ3) is 3.78. The maximum absolute atomic E-state index is 5.92. The minimum atomic E-state index is 0.0476. The van der Waals surface area contributed by atoms with Crippen LogP contribution in [0.4, 0.5) is 0 Å². The molecule has 98 valence electrons.